The molecular formula is C34H43F4NO. The van der Waals surface area contributed by atoms with Crippen molar-refractivity contribution in [2.24, 2.45) is 22.7 Å². The van der Waals surface area contributed by atoms with Crippen LogP contribution in [0.2, 0.25) is 0 Å². The summed E-state index contributed by atoms with van der Waals surface area (Å²) in [6, 6.07) is 4.68. The SMILES string of the molecule is CCCCCCCC1CC[C@@H]2C[C@H](c3cc(F)c(-c4cc(F)c(C5=NC(C)(C)CO5)c(F)c4)c(F)c3)CC[C@@H]2C1. The highest BCUT2D eigenvalue weighted by molar-refractivity contribution is 5.96. The molecule has 2 fully saturated rings. The van der Waals surface area contributed by atoms with Crippen LogP contribution in [0, 0.1) is 41.0 Å². The van der Waals surface area contributed by atoms with Crippen molar-refractivity contribution in [2.45, 2.75) is 109 Å². The van der Waals surface area contributed by atoms with Gasteiger partial charge in [-0.3, -0.25) is 0 Å². The maximum absolute atomic E-state index is 15.4. The van der Waals surface area contributed by atoms with Gasteiger partial charge in [-0.1, -0.05) is 51.9 Å². The van der Waals surface area contributed by atoms with Gasteiger partial charge in [0.2, 0.25) is 5.90 Å². The van der Waals surface area contributed by atoms with Gasteiger partial charge in [-0.05, 0) is 105 Å². The highest BCUT2D eigenvalue weighted by Crippen LogP contribution is 2.49. The molecule has 1 heterocycles. The normalized spacial score (nSPS) is 25.8. The monoisotopic (exact) mass is 557 g/mol. The fraction of sp³-hybridized carbons (Fsp3) is 0.618. The molecule has 1 aliphatic heterocycles. The molecule has 2 aromatic carbocycles. The molecule has 40 heavy (non-hydrogen) atoms. The summed E-state index contributed by atoms with van der Waals surface area (Å²) >= 11 is 0. The summed E-state index contributed by atoms with van der Waals surface area (Å²) in [5, 5.41) is 0. The molecule has 2 saturated carbocycles. The van der Waals surface area contributed by atoms with Crippen molar-refractivity contribution in [1.29, 1.82) is 0 Å². The number of unbranched alkanes of at least 4 members (excludes halogenated alkanes) is 4. The summed E-state index contributed by atoms with van der Waals surface area (Å²) < 4.78 is 66.1. The van der Waals surface area contributed by atoms with E-state index in [4.69, 9.17) is 4.74 Å². The molecule has 0 bridgehead atoms. The largest absolute Gasteiger partial charge is 0.475 e. The fourth-order valence-electron chi connectivity index (χ4n) is 7.33. The first-order valence-corrected chi connectivity index (χ1v) is 15.4. The molecule has 2 aromatic rings. The van der Waals surface area contributed by atoms with Gasteiger partial charge in [0, 0.05) is 0 Å². The topological polar surface area (TPSA) is 21.6 Å². The van der Waals surface area contributed by atoms with Crippen molar-refractivity contribution in [2.75, 3.05) is 6.61 Å². The Balaban J connectivity index is 1.26. The number of benzene rings is 2. The number of fused-ring (bicyclic) bond motifs is 1. The molecule has 2 nitrogen and oxygen atoms in total. The second-order valence-corrected chi connectivity index (χ2v) is 13.1. The molecule has 4 atom stereocenters. The van der Waals surface area contributed by atoms with Crippen LogP contribution in [0.15, 0.2) is 29.3 Å². The molecule has 0 amide bonds. The van der Waals surface area contributed by atoms with E-state index in [1.165, 1.54) is 69.9 Å². The molecule has 0 aromatic heterocycles. The van der Waals surface area contributed by atoms with Gasteiger partial charge in [0.05, 0.1) is 11.1 Å². The van der Waals surface area contributed by atoms with Crippen LogP contribution in [0.3, 0.4) is 0 Å². The van der Waals surface area contributed by atoms with E-state index in [-0.39, 0.29) is 24.0 Å². The van der Waals surface area contributed by atoms with E-state index in [0.29, 0.717) is 11.5 Å². The zero-order chi connectivity index (χ0) is 28.4. The average molecular weight is 558 g/mol. The fourth-order valence-corrected chi connectivity index (χ4v) is 7.33. The molecule has 2 aliphatic carbocycles. The molecule has 1 unspecified atom stereocenters. The summed E-state index contributed by atoms with van der Waals surface area (Å²) in [5.41, 5.74) is -0.919. The van der Waals surface area contributed by atoms with E-state index in [9.17, 15) is 8.78 Å². The van der Waals surface area contributed by atoms with Crippen LogP contribution in [0.25, 0.3) is 11.1 Å². The Bertz CT molecular complexity index is 1190. The Kier molecular flexibility index (Phi) is 8.92. The van der Waals surface area contributed by atoms with Crippen LogP contribution in [0.1, 0.15) is 115 Å². The first kappa shape index (κ1) is 29.1. The summed E-state index contributed by atoms with van der Waals surface area (Å²) in [4.78, 5) is 4.23. The number of halogens is 4. The zero-order valence-electron chi connectivity index (χ0n) is 24.2. The maximum atomic E-state index is 15.4. The third-order valence-electron chi connectivity index (χ3n) is 9.48. The Hall–Kier alpha value is -2.37. The van der Waals surface area contributed by atoms with Crippen LogP contribution < -0.4 is 0 Å². The van der Waals surface area contributed by atoms with Crippen LogP contribution in [-0.4, -0.2) is 18.0 Å². The molecule has 6 heteroatoms. The van der Waals surface area contributed by atoms with Crippen LogP contribution in [-0.2, 0) is 4.74 Å². The third kappa shape index (κ3) is 6.41. The predicted octanol–water partition coefficient (Wildman–Crippen LogP) is 10.1. The Morgan fingerprint density at radius 2 is 1.40 bits per heavy atom. The lowest BCUT2D eigenvalue weighted by atomic mass is 9.63. The van der Waals surface area contributed by atoms with Crippen molar-refractivity contribution in [3.05, 3.63) is 58.7 Å². The van der Waals surface area contributed by atoms with E-state index in [2.05, 4.69) is 11.9 Å². The highest BCUT2D eigenvalue weighted by atomic mass is 19.1. The van der Waals surface area contributed by atoms with Gasteiger partial charge >= 0.3 is 0 Å². The second-order valence-electron chi connectivity index (χ2n) is 13.1. The number of ether oxygens (including phenoxy) is 1. The van der Waals surface area contributed by atoms with Gasteiger partial charge in [0.1, 0.15) is 35.4 Å². The van der Waals surface area contributed by atoms with Crippen molar-refractivity contribution < 1.29 is 22.3 Å². The molecule has 0 spiro atoms. The van der Waals surface area contributed by atoms with E-state index in [1.54, 1.807) is 13.8 Å². The summed E-state index contributed by atoms with van der Waals surface area (Å²) in [5.74, 6) is -1.32. The lowest BCUT2D eigenvalue weighted by Gasteiger charge is -2.42. The number of hydrogen-bond acceptors (Lipinski definition) is 2. The Morgan fingerprint density at radius 3 is 2.05 bits per heavy atom. The van der Waals surface area contributed by atoms with Gasteiger partial charge in [-0.25, -0.2) is 22.6 Å². The zero-order valence-corrected chi connectivity index (χ0v) is 24.2. The van der Waals surface area contributed by atoms with Gasteiger partial charge in [0.15, 0.2) is 0 Å². The van der Waals surface area contributed by atoms with Gasteiger partial charge < -0.3 is 4.74 Å². The van der Waals surface area contributed by atoms with E-state index < -0.39 is 39.9 Å². The van der Waals surface area contributed by atoms with Crippen molar-refractivity contribution in [3.63, 3.8) is 0 Å². The minimum atomic E-state index is -0.954. The smallest absolute Gasteiger partial charge is 0.222 e. The third-order valence-corrected chi connectivity index (χ3v) is 9.48. The minimum absolute atomic E-state index is 0.113. The van der Waals surface area contributed by atoms with E-state index in [1.807, 2.05) is 0 Å². The second kappa shape index (κ2) is 12.2. The van der Waals surface area contributed by atoms with Crippen LogP contribution in [0.5, 0.6) is 0 Å². The molecule has 5 rings (SSSR count). The molecule has 218 valence electrons. The maximum Gasteiger partial charge on any atom is 0.222 e. The number of rotatable bonds is 9. The minimum Gasteiger partial charge on any atom is -0.475 e. The summed E-state index contributed by atoms with van der Waals surface area (Å²) in [6.07, 6.45) is 14.8. The summed E-state index contributed by atoms with van der Waals surface area (Å²) in [6.45, 7) is 6.05. The first-order valence-electron chi connectivity index (χ1n) is 15.4. The van der Waals surface area contributed by atoms with E-state index in [0.717, 1.165) is 43.2 Å². The summed E-state index contributed by atoms with van der Waals surface area (Å²) in [7, 11) is 0. The Morgan fingerprint density at radius 1 is 0.775 bits per heavy atom. The first-order chi connectivity index (χ1) is 19.1. The van der Waals surface area contributed by atoms with Crippen molar-refractivity contribution in [1.82, 2.24) is 0 Å². The van der Waals surface area contributed by atoms with Gasteiger partial charge in [-0.15, -0.1) is 0 Å². The van der Waals surface area contributed by atoms with Crippen molar-refractivity contribution in [3.8, 4) is 11.1 Å². The molecule has 3 aliphatic rings. The quantitative estimate of drug-likeness (QED) is 0.222. The Labute approximate surface area is 236 Å². The lowest BCUT2D eigenvalue weighted by Crippen LogP contribution is -2.30. The molecular weight excluding hydrogens is 514 g/mol. The molecule has 0 N–H and O–H groups in total. The highest BCUT2D eigenvalue weighted by Gasteiger charge is 2.36. The molecule has 0 radical (unpaired) electrons. The van der Waals surface area contributed by atoms with Gasteiger partial charge in [0.25, 0.3) is 0 Å². The van der Waals surface area contributed by atoms with Gasteiger partial charge in [-0.2, -0.15) is 0 Å². The number of aliphatic imine (C=N–C) groups is 1. The average Bonchev–Trinajstić information content (AvgIpc) is 3.26. The standard InChI is InChI=1S/C34H43F4NO/c1-4-5-6-7-8-9-21-10-11-23-15-24(13-12-22(23)14-21)25-16-27(35)31(28(36)17-25)26-18-29(37)32(30(38)19-26)33-39-34(2,3)20-40-33/h16-19,21-24H,4-15,20H2,1-3H3/t21?,22-,23-,24-/m1/s1. The van der Waals surface area contributed by atoms with Crippen molar-refractivity contribution >= 4 is 5.90 Å². The van der Waals surface area contributed by atoms with Crippen LogP contribution >= 0.6 is 0 Å². The number of nitrogens with zero attached hydrogens (tertiary/aromatic N) is 1. The number of hydrogen-bond donors (Lipinski definition) is 0. The molecule has 0 saturated heterocycles. The predicted molar refractivity (Wildman–Crippen MR) is 153 cm³/mol. The lowest BCUT2D eigenvalue weighted by molar-refractivity contribution is 0.113. The van der Waals surface area contributed by atoms with Crippen LogP contribution in [0.4, 0.5) is 17.6 Å². The van der Waals surface area contributed by atoms with E-state index >= 15 is 8.78 Å².